The Labute approximate surface area is 132 Å². The molecule has 0 aliphatic heterocycles. The Hall–Kier alpha value is -2.47. The fraction of sp³-hybridized carbons (Fsp3) is 0.235. The lowest BCUT2D eigenvalue weighted by Gasteiger charge is -2.21. The number of hydrogen-bond donors (Lipinski definition) is 2. The van der Waals surface area contributed by atoms with Crippen molar-refractivity contribution in [2.24, 2.45) is 0 Å². The van der Waals surface area contributed by atoms with E-state index in [1.165, 1.54) is 7.11 Å². The minimum absolute atomic E-state index is 0.404. The number of methoxy groups -OCH3 is 1. The van der Waals surface area contributed by atoms with Crippen molar-refractivity contribution in [2.75, 3.05) is 7.11 Å². The van der Waals surface area contributed by atoms with Crippen LogP contribution in [0.3, 0.4) is 0 Å². The van der Waals surface area contributed by atoms with Gasteiger partial charge in [0, 0.05) is 0 Å². The summed E-state index contributed by atoms with van der Waals surface area (Å²) in [6.45, 7) is 1.57. The minimum atomic E-state index is -0.999. The van der Waals surface area contributed by atoms with Crippen molar-refractivity contribution in [1.82, 2.24) is 5.32 Å². The number of carbonyl (C=O) groups is 1. The summed E-state index contributed by atoms with van der Waals surface area (Å²) in [4.78, 5) is 12.0. The zero-order valence-corrected chi connectivity index (χ0v) is 12.7. The molecule has 0 aliphatic carbocycles. The van der Waals surface area contributed by atoms with E-state index in [0.717, 1.165) is 18.2 Å². The standard InChI is InChI=1S/C17H17F2NO3/c1-10(16(21)11-3-6-13(23-2)7-4-11)20-17(22)14-9-12(18)5-8-15(14)19/h3-10,16,21H,1-2H3,(H,20,22). The molecular formula is C17H17F2NO3. The molecule has 2 aromatic rings. The summed E-state index contributed by atoms with van der Waals surface area (Å²) in [6.07, 6.45) is -0.999. The van der Waals surface area contributed by atoms with E-state index in [4.69, 9.17) is 4.74 Å². The molecule has 0 heterocycles. The Bertz CT molecular complexity index is 689. The molecule has 0 aliphatic rings. The first-order valence-corrected chi connectivity index (χ1v) is 7.00. The fourth-order valence-electron chi connectivity index (χ4n) is 2.12. The highest BCUT2D eigenvalue weighted by molar-refractivity contribution is 5.94. The molecule has 0 aromatic heterocycles. The summed E-state index contributed by atoms with van der Waals surface area (Å²) in [6, 6.07) is 8.62. The summed E-state index contributed by atoms with van der Waals surface area (Å²) in [7, 11) is 1.53. The number of carbonyl (C=O) groups excluding carboxylic acids is 1. The van der Waals surface area contributed by atoms with Gasteiger partial charge in [-0.25, -0.2) is 8.78 Å². The lowest BCUT2D eigenvalue weighted by atomic mass is 10.0. The summed E-state index contributed by atoms with van der Waals surface area (Å²) >= 11 is 0. The largest absolute Gasteiger partial charge is 0.497 e. The molecule has 6 heteroatoms. The lowest BCUT2D eigenvalue weighted by Crippen LogP contribution is -2.37. The Kier molecular flexibility index (Phi) is 5.28. The van der Waals surface area contributed by atoms with Crippen LogP contribution >= 0.6 is 0 Å². The second-order valence-electron chi connectivity index (χ2n) is 5.10. The first-order valence-electron chi connectivity index (χ1n) is 7.00. The van der Waals surface area contributed by atoms with Gasteiger partial charge in [0.25, 0.3) is 5.91 Å². The molecule has 0 spiro atoms. The van der Waals surface area contributed by atoms with Gasteiger partial charge < -0.3 is 15.2 Å². The van der Waals surface area contributed by atoms with E-state index in [-0.39, 0.29) is 0 Å². The van der Waals surface area contributed by atoms with Crippen molar-refractivity contribution in [1.29, 1.82) is 0 Å². The molecular weight excluding hydrogens is 304 g/mol. The van der Waals surface area contributed by atoms with E-state index in [2.05, 4.69) is 5.32 Å². The van der Waals surface area contributed by atoms with Gasteiger partial charge in [-0.2, -0.15) is 0 Å². The first kappa shape index (κ1) is 16.9. The minimum Gasteiger partial charge on any atom is -0.497 e. The number of benzene rings is 2. The smallest absolute Gasteiger partial charge is 0.254 e. The quantitative estimate of drug-likeness (QED) is 0.890. The Morgan fingerprint density at radius 3 is 2.43 bits per heavy atom. The predicted molar refractivity (Wildman–Crippen MR) is 81.2 cm³/mol. The number of aliphatic hydroxyl groups excluding tert-OH is 1. The number of hydrogen-bond acceptors (Lipinski definition) is 3. The van der Waals surface area contributed by atoms with E-state index in [1.54, 1.807) is 31.2 Å². The van der Waals surface area contributed by atoms with E-state index < -0.39 is 35.3 Å². The predicted octanol–water partition coefficient (Wildman–Crippen LogP) is 2.83. The van der Waals surface area contributed by atoms with E-state index in [0.29, 0.717) is 11.3 Å². The maximum Gasteiger partial charge on any atom is 0.254 e. The molecule has 2 unspecified atom stereocenters. The third-order valence-electron chi connectivity index (χ3n) is 3.46. The number of aliphatic hydroxyl groups is 1. The Balaban J connectivity index is 2.09. The zero-order chi connectivity index (χ0) is 17.0. The summed E-state index contributed by atoms with van der Waals surface area (Å²) in [5, 5.41) is 12.7. The van der Waals surface area contributed by atoms with Crippen LogP contribution < -0.4 is 10.1 Å². The van der Waals surface area contributed by atoms with Gasteiger partial charge in [0.15, 0.2) is 0 Å². The van der Waals surface area contributed by atoms with Crippen LogP contribution in [0, 0.1) is 11.6 Å². The van der Waals surface area contributed by atoms with Crippen LogP contribution in [0.25, 0.3) is 0 Å². The second-order valence-corrected chi connectivity index (χ2v) is 5.10. The molecule has 2 rings (SSSR count). The zero-order valence-electron chi connectivity index (χ0n) is 12.7. The Morgan fingerprint density at radius 2 is 1.83 bits per heavy atom. The molecule has 2 atom stereocenters. The second kappa shape index (κ2) is 7.19. The topological polar surface area (TPSA) is 58.6 Å². The van der Waals surface area contributed by atoms with Crippen LogP contribution in [0.4, 0.5) is 8.78 Å². The van der Waals surface area contributed by atoms with E-state index >= 15 is 0 Å². The van der Waals surface area contributed by atoms with Crippen molar-refractivity contribution < 1.29 is 23.4 Å². The summed E-state index contributed by atoms with van der Waals surface area (Å²) in [5.41, 5.74) is 0.164. The van der Waals surface area contributed by atoms with Crippen molar-refractivity contribution in [3.05, 3.63) is 65.2 Å². The Morgan fingerprint density at radius 1 is 1.17 bits per heavy atom. The average Bonchev–Trinajstić information content (AvgIpc) is 2.56. The molecule has 0 fully saturated rings. The molecule has 2 aromatic carbocycles. The van der Waals surface area contributed by atoms with Gasteiger partial charge in [-0.05, 0) is 42.8 Å². The number of nitrogens with one attached hydrogen (secondary N) is 1. The van der Waals surface area contributed by atoms with Gasteiger partial charge in [0.05, 0.1) is 24.8 Å². The van der Waals surface area contributed by atoms with Crippen molar-refractivity contribution >= 4 is 5.91 Å². The van der Waals surface area contributed by atoms with Gasteiger partial charge in [-0.3, -0.25) is 4.79 Å². The SMILES string of the molecule is COc1ccc(C(O)C(C)NC(=O)c2cc(F)ccc2F)cc1. The molecule has 122 valence electrons. The normalized spacial score (nSPS) is 13.3. The van der Waals surface area contributed by atoms with Crippen LogP contribution in [0.2, 0.25) is 0 Å². The summed E-state index contributed by atoms with van der Waals surface area (Å²) in [5.74, 6) is -1.68. The van der Waals surface area contributed by atoms with Crippen molar-refractivity contribution in [2.45, 2.75) is 19.1 Å². The molecule has 0 radical (unpaired) electrons. The maximum atomic E-state index is 13.6. The maximum absolute atomic E-state index is 13.6. The summed E-state index contributed by atoms with van der Waals surface area (Å²) < 4.78 is 31.7. The van der Waals surface area contributed by atoms with Gasteiger partial charge in [-0.1, -0.05) is 12.1 Å². The highest BCUT2D eigenvalue weighted by atomic mass is 19.1. The molecule has 23 heavy (non-hydrogen) atoms. The number of halogens is 2. The van der Waals surface area contributed by atoms with Gasteiger partial charge >= 0.3 is 0 Å². The monoisotopic (exact) mass is 321 g/mol. The van der Waals surface area contributed by atoms with Gasteiger partial charge in [-0.15, -0.1) is 0 Å². The van der Waals surface area contributed by atoms with Crippen molar-refractivity contribution in [3.63, 3.8) is 0 Å². The third-order valence-corrected chi connectivity index (χ3v) is 3.46. The number of amides is 1. The number of ether oxygens (including phenoxy) is 1. The fourth-order valence-corrected chi connectivity index (χ4v) is 2.12. The van der Waals surface area contributed by atoms with Crippen LogP contribution in [0.5, 0.6) is 5.75 Å². The molecule has 2 N–H and O–H groups in total. The van der Waals surface area contributed by atoms with Crippen molar-refractivity contribution in [3.8, 4) is 5.75 Å². The first-order chi connectivity index (χ1) is 10.9. The van der Waals surface area contributed by atoms with E-state index in [1.807, 2.05) is 0 Å². The molecule has 0 bridgehead atoms. The highest BCUT2D eigenvalue weighted by Gasteiger charge is 2.21. The van der Waals surface area contributed by atoms with Crippen LogP contribution in [-0.4, -0.2) is 24.2 Å². The average molecular weight is 321 g/mol. The third kappa shape index (κ3) is 4.04. The van der Waals surface area contributed by atoms with Crippen LogP contribution in [0.1, 0.15) is 28.9 Å². The van der Waals surface area contributed by atoms with E-state index in [9.17, 15) is 18.7 Å². The number of rotatable bonds is 5. The molecule has 1 amide bonds. The van der Waals surface area contributed by atoms with Gasteiger partial charge in [0.1, 0.15) is 17.4 Å². The highest BCUT2D eigenvalue weighted by Crippen LogP contribution is 2.20. The van der Waals surface area contributed by atoms with Gasteiger partial charge in [0.2, 0.25) is 0 Å². The lowest BCUT2D eigenvalue weighted by molar-refractivity contribution is 0.0847. The van der Waals surface area contributed by atoms with Crippen LogP contribution in [0.15, 0.2) is 42.5 Å². The molecule has 0 saturated carbocycles. The molecule has 4 nitrogen and oxygen atoms in total. The van der Waals surface area contributed by atoms with Crippen LogP contribution in [-0.2, 0) is 0 Å². The molecule has 0 saturated heterocycles.